The van der Waals surface area contributed by atoms with E-state index < -0.39 is 0 Å². The number of hydrogen-bond donors (Lipinski definition) is 1. The first-order chi connectivity index (χ1) is 6.11. The second-order valence-corrected chi connectivity index (χ2v) is 4.41. The quantitative estimate of drug-likeness (QED) is 0.733. The third kappa shape index (κ3) is 1.75. The van der Waals surface area contributed by atoms with Crippen molar-refractivity contribution in [1.29, 1.82) is 0 Å². The van der Waals surface area contributed by atoms with E-state index in [1.54, 1.807) is 0 Å². The van der Waals surface area contributed by atoms with Crippen LogP contribution in [0.2, 0.25) is 0 Å². The lowest BCUT2D eigenvalue weighted by Crippen LogP contribution is -2.25. The van der Waals surface area contributed by atoms with Gasteiger partial charge in [0.25, 0.3) is 0 Å². The highest BCUT2D eigenvalue weighted by Crippen LogP contribution is 2.36. The Morgan fingerprint density at radius 2 is 1.77 bits per heavy atom. The molecule has 0 radical (unpaired) electrons. The summed E-state index contributed by atoms with van der Waals surface area (Å²) in [6.45, 7) is 4.35. The zero-order valence-electron chi connectivity index (χ0n) is 8.43. The predicted octanol–water partition coefficient (Wildman–Crippen LogP) is 2.34. The van der Waals surface area contributed by atoms with Crippen LogP contribution in [0.5, 0.6) is 0 Å². The normalized spacial score (nSPS) is 18.7. The van der Waals surface area contributed by atoms with Crippen molar-refractivity contribution in [3.63, 3.8) is 0 Å². The molecule has 1 fully saturated rings. The Kier molecular flexibility index (Phi) is 1.92. The van der Waals surface area contributed by atoms with E-state index in [0.717, 1.165) is 6.42 Å². The first kappa shape index (κ1) is 8.76. The molecule has 1 aliphatic carbocycles. The Labute approximate surface area is 80.0 Å². The van der Waals surface area contributed by atoms with Crippen molar-refractivity contribution < 1.29 is 0 Å². The molecular weight excluding hydrogens is 158 g/mol. The molecule has 1 heteroatoms. The maximum Gasteiger partial charge on any atom is 0.0196 e. The van der Waals surface area contributed by atoms with E-state index in [-0.39, 0.29) is 5.54 Å². The van der Waals surface area contributed by atoms with Gasteiger partial charge < -0.3 is 5.73 Å². The van der Waals surface area contributed by atoms with E-state index in [1.165, 1.54) is 29.5 Å². The molecule has 2 rings (SSSR count). The van der Waals surface area contributed by atoms with Gasteiger partial charge in [0, 0.05) is 5.54 Å². The van der Waals surface area contributed by atoms with Gasteiger partial charge in [-0.1, -0.05) is 18.2 Å². The van der Waals surface area contributed by atoms with Crippen LogP contribution >= 0.6 is 0 Å². The number of nitrogens with two attached hydrogens (primary N) is 1. The molecule has 1 aromatic rings. The van der Waals surface area contributed by atoms with Gasteiger partial charge in [-0.3, -0.25) is 0 Å². The monoisotopic (exact) mass is 175 g/mol. The maximum absolute atomic E-state index is 6.12. The van der Waals surface area contributed by atoms with E-state index in [1.807, 2.05) is 0 Å². The van der Waals surface area contributed by atoms with Crippen LogP contribution in [0.15, 0.2) is 18.2 Å². The van der Waals surface area contributed by atoms with Gasteiger partial charge >= 0.3 is 0 Å². The van der Waals surface area contributed by atoms with Crippen LogP contribution in [0.1, 0.15) is 29.5 Å². The Balaban J connectivity index is 2.28. The lowest BCUT2D eigenvalue weighted by molar-refractivity contribution is 0.667. The summed E-state index contributed by atoms with van der Waals surface area (Å²) in [5.41, 5.74) is 10.5. The summed E-state index contributed by atoms with van der Waals surface area (Å²) in [6.07, 6.45) is 3.45. The van der Waals surface area contributed by atoms with Gasteiger partial charge in [0.2, 0.25) is 0 Å². The number of rotatable bonds is 2. The largest absolute Gasteiger partial charge is 0.325 e. The minimum absolute atomic E-state index is 0.136. The molecule has 1 saturated carbocycles. The molecular formula is C12H17N. The molecule has 0 amide bonds. The summed E-state index contributed by atoms with van der Waals surface area (Å²) < 4.78 is 0. The van der Waals surface area contributed by atoms with Crippen LogP contribution in [0.4, 0.5) is 0 Å². The summed E-state index contributed by atoms with van der Waals surface area (Å²) >= 11 is 0. The number of hydrogen-bond acceptors (Lipinski definition) is 1. The summed E-state index contributed by atoms with van der Waals surface area (Å²) in [5.74, 6) is 0. The van der Waals surface area contributed by atoms with Gasteiger partial charge in [0.05, 0.1) is 0 Å². The second-order valence-electron chi connectivity index (χ2n) is 4.41. The topological polar surface area (TPSA) is 26.0 Å². The highest BCUT2D eigenvalue weighted by Gasteiger charge is 2.38. The molecule has 0 aliphatic heterocycles. The molecule has 0 aromatic heterocycles. The van der Waals surface area contributed by atoms with Crippen molar-refractivity contribution in [1.82, 2.24) is 0 Å². The van der Waals surface area contributed by atoms with Gasteiger partial charge in [-0.05, 0) is 49.8 Å². The highest BCUT2D eigenvalue weighted by molar-refractivity contribution is 5.35. The first-order valence-electron chi connectivity index (χ1n) is 4.95. The minimum atomic E-state index is 0.136. The third-order valence-electron chi connectivity index (χ3n) is 3.07. The summed E-state index contributed by atoms with van der Waals surface area (Å²) in [6, 6.07) is 6.46. The first-order valence-corrected chi connectivity index (χ1v) is 4.95. The molecule has 0 bridgehead atoms. The number of benzene rings is 1. The number of aryl methyl sites for hydroxylation is 2. The molecule has 1 nitrogen and oxygen atoms in total. The van der Waals surface area contributed by atoms with E-state index in [4.69, 9.17) is 5.73 Å². The lowest BCUT2D eigenvalue weighted by atomic mass is 9.96. The van der Waals surface area contributed by atoms with Crippen molar-refractivity contribution in [2.24, 2.45) is 5.73 Å². The molecule has 0 saturated heterocycles. The predicted molar refractivity (Wildman–Crippen MR) is 55.8 cm³/mol. The smallest absolute Gasteiger partial charge is 0.0196 e. The van der Waals surface area contributed by atoms with Crippen LogP contribution in [0.3, 0.4) is 0 Å². The average molecular weight is 175 g/mol. The summed E-state index contributed by atoms with van der Waals surface area (Å²) in [5, 5.41) is 0. The second kappa shape index (κ2) is 2.85. The molecule has 0 atom stereocenters. The van der Waals surface area contributed by atoms with Crippen LogP contribution in [-0.2, 0) is 6.42 Å². The van der Waals surface area contributed by atoms with Gasteiger partial charge in [-0.2, -0.15) is 0 Å². The molecule has 70 valence electrons. The summed E-state index contributed by atoms with van der Waals surface area (Å²) in [4.78, 5) is 0. The van der Waals surface area contributed by atoms with E-state index >= 15 is 0 Å². The fraction of sp³-hybridized carbons (Fsp3) is 0.500. The molecule has 0 spiro atoms. The van der Waals surface area contributed by atoms with Gasteiger partial charge in [0.1, 0.15) is 0 Å². The van der Waals surface area contributed by atoms with Crippen LogP contribution in [-0.4, -0.2) is 5.54 Å². The van der Waals surface area contributed by atoms with Gasteiger partial charge in [0.15, 0.2) is 0 Å². The van der Waals surface area contributed by atoms with Crippen molar-refractivity contribution >= 4 is 0 Å². The SMILES string of the molecule is Cc1cccc(C)c1CC1(N)CC1. The van der Waals surface area contributed by atoms with Crippen LogP contribution < -0.4 is 5.73 Å². The standard InChI is InChI=1S/C12H17N/c1-9-4-3-5-10(2)11(9)8-12(13)6-7-12/h3-5H,6-8,13H2,1-2H3. The van der Waals surface area contributed by atoms with E-state index in [9.17, 15) is 0 Å². The molecule has 13 heavy (non-hydrogen) atoms. The molecule has 0 heterocycles. The Morgan fingerprint density at radius 3 is 2.23 bits per heavy atom. The van der Waals surface area contributed by atoms with Gasteiger partial charge in [-0.15, -0.1) is 0 Å². The fourth-order valence-electron chi connectivity index (χ4n) is 1.82. The Morgan fingerprint density at radius 1 is 1.23 bits per heavy atom. The molecule has 1 aromatic carbocycles. The molecule has 1 aliphatic rings. The van der Waals surface area contributed by atoms with Crippen LogP contribution in [0, 0.1) is 13.8 Å². The molecule has 2 N–H and O–H groups in total. The zero-order chi connectivity index (χ0) is 9.47. The van der Waals surface area contributed by atoms with E-state index in [2.05, 4.69) is 32.0 Å². The molecule has 0 unspecified atom stereocenters. The van der Waals surface area contributed by atoms with Crippen molar-refractivity contribution in [3.8, 4) is 0 Å². The Hall–Kier alpha value is -0.820. The van der Waals surface area contributed by atoms with Crippen molar-refractivity contribution in [3.05, 3.63) is 34.9 Å². The highest BCUT2D eigenvalue weighted by atomic mass is 14.8. The lowest BCUT2D eigenvalue weighted by Gasteiger charge is -2.13. The van der Waals surface area contributed by atoms with Crippen molar-refractivity contribution in [2.75, 3.05) is 0 Å². The van der Waals surface area contributed by atoms with E-state index in [0.29, 0.717) is 0 Å². The zero-order valence-corrected chi connectivity index (χ0v) is 8.43. The Bertz CT molecular complexity index is 304. The summed E-state index contributed by atoms with van der Waals surface area (Å²) in [7, 11) is 0. The minimum Gasteiger partial charge on any atom is -0.325 e. The van der Waals surface area contributed by atoms with Gasteiger partial charge in [-0.25, -0.2) is 0 Å². The van der Waals surface area contributed by atoms with Crippen molar-refractivity contribution in [2.45, 2.75) is 38.6 Å². The average Bonchev–Trinajstić information content (AvgIpc) is 2.78. The van der Waals surface area contributed by atoms with Crippen LogP contribution in [0.25, 0.3) is 0 Å². The maximum atomic E-state index is 6.12. The fourth-order valence-corrected chi connectivity index (χ4v) is 1.82. The third-order valence-corrected chi connectivity index (χ3v) is 3.07.